The van der Waals surface area contributed by atoms with Crippen LogP contribution < -0.4 is 5.32 Å². The largest absolute Gasteiger partial charge is 0.389 e. The van der Waals surface area contributed by atoms with Gasteiger partial charge in [-0.15, -0.1) is 0 Å². The monoisotopic (exact) mass is 161 g/mol. The molecule has 0 heterocycles. The Bertz CT molecular complexity index is 135. The summed E-state index contributed by atoms with van der Waals surface area (Å²) in [5.41, 5.74) is 0. The Kier molecular flexibility index (Phi) is 2.47. The molecule has 64 valence electrons. The number of halogens is 2. The average molecular weight is 161 g/mol. The highest BCUT2D eigenvalue weighted by Crippen LogP contribution is 2.32. The van der Waals surface area contributed by atoms with E-state index < -0.39 is 5.92 Å². The van der Waals surface area contributed by atoms with E-state index in [1.807, 2.05) is 0 Å². The molecule has 0 atom stereocenters. The Morgan fingerprint density at radius 1 is 1.36 bits per heavy atom. The van der Waals surface area contributed by atoms with E-state index in [0.717, 1.165) is 0 Å². The fraction of sp³-hybridized carbons (Fsp3) is 0.750. The molecule has 1 nitrogen and oxygen atoms in total. The third-order valence-corrected chi connectivity index (χ3v) is 2.07. The second kappa shape index (κ2) is 3.20. The molecule has 0 spiro atoms. The third-order valence-electron chi connectivity index (χ3n) is 2.07. The Morgan fingerprint density at radius 3 is 2.36 bits per heavy atom. The van der Waals surface area contributed by atoms with E-state index in [1.54, 1.807) is 6.20 Å². The molecule has 3 heteroatoms. The molecule has 0 aromatic rings. The fourth-order valence-electron chi connectivity index (χ4n) is 1.37. The van der Waals surface area contributed by atoms with E-state index in [0.29, 0.717) is 12.8 Å². The van der Waals surface area contributed by atoms with Crippen molar-refractivity contribution in [1.82, 2.24) is 5.32 Å². The minimum absolute atomic E-state index is 0.0124. The van der Waals surface area contributed by atoms with E-state index in [1.165, 1.54) is 0 Å². The van der Waals surface area contributed by atoms with Crippen LogP contribution in [0, 0.1) is 0 Å². The van der Waals surface area contributed by atoms with Gasteiger partial charge < -0.3 is 5.32 Å². The lowest BCUT2D eigenvalue weighted by Crippen LogP contribution is -2.34. The van der Waals surface area contributed by atoms with Crippen LogP contribution in [0.2, 0.25) is 0 Å². The summed E-state index contributed by atoms with van der Waals surface area (Å²) in [6, 6.07) is 0.215. The third kappa shape index (κ3) is 2.48. The number of hydrogen-bond acceptors (Lipinski definition) is 1. The SMILES string of the molecule is C=CNC1CCC(F)(F)CC1. The van der Waals surface area contributed by atoms with Crippen LogP contribution in [-0.2, 0) is 0 Å². The zero-order chi connectivity index (χ0) is 8.32. The maximum Gasteiger partial charge on any atom is 0.248 e. The zero-order valence-corrected chi connectivity index (χ0v) is 6.45. The number of hydrogen-bond donors (Lipinski definition) is 1. The second-order valence-corrected chi connectivity index (χ2v) is 3.00. The van der Waals surface area contributed by atoms with Crippen molar-refractivity contribution in [3.05, 3.63) is 12.8 Å². The van der Waals surface area contributed by atoms with Gasteiger partial charge in [-0.25, -0.2) is 8.78 Å². The van der Waals surface area contributed by atoms with E-state index in [-0.39, 0.29) is 18.9 Å². The topological polar surface area (TPSA) is 12.0 Å². The molecule has 0 saturated heterocycles. The molecule has 1 aliphatic carbocycles. The predicted molar refractivity (Wildman–Crippen MR) is 40.5 cm³/mol. The Labute approximate surface area is 65.5 Å². The first-order valence-electron chi connectivity index (χ1n) is 3.89. The summed E-state index contributed by atoms with van der Waals surface area (Å²) < 4.78 is 25.1. The van der Waals surface area contributed by atoms with Crippen LogP contribution in [0.1, 0.15) is 25.7 Å². The molecule has 0 aromatic carbocycles. The average Bonchev–Trinajstić information content (AvgIpc) is 1.94. The van der Waals surface area contributed by atoms with Gasteiger partial charge in [-0.05, 0) is 19.0 Å². The fourth-order valence-corrected chi connectivity index (χ4v) is 1.37. The van der Waals surface area contributed by atoms with Gasteiger partial charge in [0.15, 0.2) is 0 Å². The van der Waals surface area contributed by atoms with Crippen LogP contribution in [-0.4, -0.2) is 12.0 Å². The zero-order valence-electron chi connectivity index (χ0n) is 6.45. The van der Waals surface area contributed by atoms with E-state index in [2.05, 4.69) is 11.9 Å². The van der Waals surface area contributed by atoms with Crippen molar-refractivity contribution in [2.24, 2.45) is 0 Å². The van der Waals surface area contributed by atoms with Gasteiger partial charge in [-0.1, -0.05) is 6.58 Å². The lowest BCUT2D eigenvalue weighted by atomic mass is 9.92. The van der Waals surface area contributed by atoms with E-state index >= 15 is 0 Å². The standard InChI is InChI=1S/C8H13F2N/c1-2-11-7-3-5-8(9,10)6-4-7/h2,7,11H,1,3-6H2. The number of alkyl halides is 2. The van der Waals surface area contributed by atoms with Gasteiger partial charge in [0, 0.05) is 18.9 Å². The van der Waals surface area contributed by atoms with Gasteiger partial charge in [0.05, 0.1) is 0 Å². The van der Waals surface area contributed by atoms with Gasteiger partial charge >= 0.3 is 0 Å². The Morgan fingerprint density at radius 2 is 1.91 bits per heavy atom. The summed E-state index contributed by atoms with van der Waals surface area (Å²) in [6.45, 7) is 3.49. The van der Waals surface area contributed by atoms with Crippen LogP contribution in [0.4, 0.5) is 8.78 Å². The van der Waals surface area contributed by atoms with Crippen molar-refractivity contribution >= 4 is 0 Å². The van der Waals surface area contributed by atoms with Gasteiger partial charge in [-0.3, -0.25) is 0 Å². The summed E-state index contributed by atoms with van der Waals surface area (Å²) in [5.74, 6) is -2.42. The van der Waals surface area contributed by atoms with Crippen LogP contribution >= 0.6 is 0 Å². The smallest absolute Gasteiger partial charge is 0.248 e. The van der Waals surface area contributed by atoms with Gasteiger partial charge in [0.2, 0.25) is 5.92 Å². The maximum absolute atomic E-state index is 12.6. The molecule has 11 heavy (non-hydrogen) atoms. The first kappa shape index (κ1) is 8.50. The molecule has 0 radical (unpaired) electrons. The van der Waals surface area contributed by atoms with Crippen molar-refractivity contribution in [2.75, 3.05) is 0 Å². The minimum Gasteiger partial charge on any atom is -0.389 e. The Balaban J connectivity index is 2.30. The highest BCUT2D eigenvalue weighted by Gasteiger charge is 2.34. The minimum atomic E-state index is -2.42. The molecule has 0 unspecified atom stereocenters. The van der Waals surface area contributed by atoms with Crippen molar-refractivity contribution in [2.45, 2.75) is 37.6 Å². The maximum atomic E-state index is 12.6. The molecular formula is C8H13F2N. The molecule has 1 rings (SSSR count). The van der Waals surface area contributed by atoms with Crippen LogP contribution in [0.15, 0.2) is 12.8 Å². The number of rotatable bonds is 2. The van der Waals surface area contributed by atoms with E-state index in [9.17, 15) is 8.78 Å². The van der Waals surface area contributed by atoms with Crippen LogP contribution in [0.3, 0.4) is 0 Å². The summed E-state index contributed by atoms with van der Waals surface area (Å²) in [4.78, 5) is 0. The lowest BCUT2D eigenvalue weighted by Gasteiger charge is -2.28. The molecule has 1 aliphatic rings. The molecule has 1 fully saturated rings. The number of nitrogens with one attached hydrogen (secondary N) is 1. The molecule has 1 saturated carbocycles. The summed E-state index contributed by atoms with van der Waals surface area (Å²) >= 11 is 0. The summed E-state index contributed by atoms with van der Waals surface area (Å²) in [5, 5.41) is 2.95. The normalized spacial score (nSPS) is 24.5. The highest BCUT2D eigenvalue weighted by atomic mass is 19.3. The molecule has 0 bridgehead atoms. The van der Waals surface area contributed by atoms with Gasteiger partial charge in [-0.2, -0.15) is 0 Å². The van der Waals surface area contributed by atoms with Gasteiger partial charge in [0.1, 0.15) is 0 Å². The van der Waals surface area contributed by atoms with Crippen LogP contribution in [0.5, 0.6) is 0 Å². The Hall–Kier alpha value is -0.600. The molecule has 1 N–H and O–H groups in total. The quantitative estimate of drug-likeness (QED) is 0.655. The molecule has 0 amide bonds. The second-order valence-electron chi connectivity index (χ2n) is 3.00. The van der Waals surface area contributed by atoms with Crippen LogP contribution in [0.25, 0.3) is 0 Å². The molecule has 0 aromatic heterocycles. The highest BCUT2D eigenvalue weighted by molar-refractivity contribution is 4.83. The summed E-state index contributed by atoms with van der Waals surface area (Å²) in [7, 11) is 0. The first-order chi connectivity index (χ1) is 5.14. The molecular weight excluding hydrogens is 148 g/mol. The van der Waals surface area contributed by atoms with Crippen molar-refractivity contribution in [1.29, 1.82) is 0 Å². The van der Waals surface area contributed by atoms with Crippen molar-refractivity contribution < 1.29 is 8.78 Å². The molecule has 0 aliphatic heterocycles. The lowest BCUT2D eigenvalue weighted by molar-refractivity contribution is -0.0394. The predicted octanol–water partition coefficient (Wildman–Crippen LogP) is 2.30. The first-order valence-corrected chi connectivity index (χ1v) is 3.89. The van der Waals surface area contributed by atoms with Crippen molar-refractivity contribution in [3.8, 4) is 0 Å². The van der Waals surface area contributed by atoms with E-state index in [4.69, 9.17) is 0 Å². The summed E-state index contributed by atoms with van der Waals surface area (Å²) in [6.07, 6.45) is 2.71. The van der Waals surface area contributed by atoms with Gasteiger partial charge in [0.25, 0.3) is 0 Å². The van der Waals surface area contributed by atoms with Crippen molar-refractivity contribution in [3.63, 3.8) is 0 Å².